The third kappa shape index (κ3) is 5.60. The van der Waals surface area contributed by atoms with Crippen LogP contribution in [-0.4, -0.2) is 85.3 Å². The van der Waals surface area contributed by atoms with Crippen LogP contribution in [0.3, 0.4) is 0 Å². The number of piperazine rings is 1. The Morgan fingerprint density at radius 3 is 3.00 bits per heavy atom. The third-order valence-corrected chi connectivity index (χ3v) is 4.25. The van der Waals surface area contributed by atoms with Crippen molar-refractivity contribution in [3.8, 4) is 0 Å². The first-order valence-electron chi connectivity index (χ1n) is 8.33. The lowest BCUT2D eigenvalue weighted by Gasteiger charge is -2.34. The number of nitrogens with one attached hydrogen (secondary N) is 1. The molecule has 0 aromatic carbocycles. The number of aliphatic hydroxyl groups excluding tert-OH is 1. The molecule has 23 heavy (non-hydrogen) atoms. The largest absolute Gasteiger partial charge is 0.466 e. The predicted molar refractivity (Wildman–Crippen MR) is 85.8 cm³/mol. The number of amides is 1. The molecule has 1 atom stereocenters. The van der Waals surface area contributed by atoms with Crippen LogP contribution in [0.2, 0.25) is 0 Å². The number of rotatable bonds is 6. The summed E-state index contributed by atoms with van der Waals surface area (Å²) in [5, 5.41) is 13.2. The number of carbonyl (C=O) groups is 2. The van der Waals surface area contributed by atoms with Gasteiger partial charge in [-0.1, -0.05) is 6.08 Å². The van der Waals surface area contributed by atoms with Crippen molar-refractivity contribution in [3.05, 3.63) is 11.6 Å². The molecular weight excluding hydrogens is 298 g/mol. The van der Waals surface area contributed by atoms with Crippen molar-refractivity contribution in [2.45, 2.75) is 25.9 Å². The van der Waals surface area contributed by atoms with Gasteiger partial charge in [-0.25, -0.2) is 0 Å². The van der Waals surface area contributed by atoms with Crippen LogP contribution in [0.4, 0.5) is 0 Å². The highest BCUT2D eigenvalue weighted by molar-refractivity contribution is 5.79. The van der Waals surface area contributed by atoms with Gasteiger partial charge >= 0.3 is 5.97 Å². The second-order valence-electron chi connectivity index (χ2n) is 5.93. The number of piperidine rings is 1. The van der Waals surface area contributed by atoms with E-state index in [1.54, 1.807) is 11.8 Å². The Labute approximate surface area is 137 Å². The molecule has 0 saturated carbocycles. The summed E-state index contributed by atoms with van der Waals surface area (Å²) in [6, 6.07) is 0. The molecule has 2 fully saturated rings. The zero-order valence-electron chi connectivity index (χ0n) is 13.8. The van der Waals surface area contributed by atoms with Gasteiger partial charge in [0.25, 0.3) is 0 Å². The van der Waals surface area contributed by atoms with Crippen LogP contribution in [-0.2, 0) is 14.3 Å². The molecule has 0 spiro atoms. The van der Waals surface area contributed by atoms with Crippen molar-refractivity contribution in [1.29, 1.82) is 0 Å². The van der Waals surface area contributed by atoms with Crippen molar-refractivity contribution in [3.63, 3.8) is 0 Å². The van der Waals surface area contributed by atoms with E-state index in [2.05, 4.69) is 10.2 Å². The predicted octanol–water partition coefficient (Wildman–Crippen LogP) is -0.636. The Morgan fingerprint density at radius 1 is 1.48 bits per heavy atom. The van der Waals surface area contributed by atoms with E-state index in [1.807, 2.05) is 6.08 Å². The molecule has 2 aliphatic heterocycles. The molecular formula is C16H27N3O4. The first-order chi connectivity index (χ1) is 11.1. The second-order valence-corrected chi connectivity index (χ2v) is 5.93. The highest BCUT2D eigenvalue weighted by Crippen LogP contribution is 2.11. The summed E-state index contributed by atoms with van der Waals surface area (Å²) in [5.74, 6) is -0.215. The fourth-order valence-electron chi connectivity index (χ4n) is 2.84. The van der Waals surface area contributed by atoms with Gasteiger partial charge in [0.1, 0.15) is 0 Å². The van der Waals surface area contributed by atoms with E-state index in [0.717, 1.165) is 25.1 Å². The van der Waals surface area contributed by atoms with Crippen LogP contribution in [0.25, 0.3) is 0 Å². The molecule has 0 bridgehead atoms. The fourth-order valence-corrected chi connectivity index (χ4v) is 2.84. The summed E-state index contributed by atoms with van der Waals surface area (Å²) in [6.07, 6.45) is 2.66. The summed E-state index contributed by atoms with van der Waals surface area (Å²) < 4.78 is 4.88. The number of ether oxygens (including phenoxy) is 1. The van der Waals surface area contributed by atoms with Crippen LogP contribution in [0, 0.1) is 0 Å². The van der Waals surface area contributed by atoms with E-state index in [4.69, 9.17) is 4.74 Å². The second kappa shape index (κ2) is 9.00. The van der Waals surface area contributed by atoms with Gasteiger partial charge in [0.05, 0.1) is 25.7 Å². The normalized spacial score (nSPS) is 25.0. The van der Waals surface area contributed by atoms with Crippen LogP contribution >= 0.6 is 0 Å². The van der Waals surface area contributed by atoms with Gasteiger partial charge in [-0.2, -0.15) is 0 Å². The van der Waals surface area contributed by atoms with Crippen LogP contribution < -0.4 is 5.32 Å². The highest BCUT2D eigenvalue weighted by Gasteiger charge is 2.24. The van der Waals surface area contributed by atoms with Gasteiger partial charge in [0.15, 0.2) is 0 Å². The Bertz CT molecular complexity index is 453. The lowest BCUT2D eigenvalue weighted by atomic mass is 10.0. The average Bonchev–Trinajstić information content (AvgIpc) is 2.53. The van der Waals surface area contributed by atoms with Crippen molar-refractivity contribution in [1.82, 2.24) is 15.1 Å². The monoisotopic (exact) mass is 325 g/mol. The molecule has 2 rings (SSSR count). The van der Waals surface area contributed by atoms with E-state index in [1.165, 1.54) is 0 Å². The summed E-state index contributed by atoms with van der Waals surface area (Å²) in [4.78, 5) is 27.3. The number of hydrogen-bond donors (Lipinski definition) is 2. The average molecular weight is 325 g/mol. The molecule has 2 saturated heterocycles. The summed E-state index contributed by atoms with van der Waals surface area (Å²) >= 11 is 0. The molecule has 0 aromatic heterocycles. The SMILES string of the molecule is CCOC(=O)CCN1CCN(CC=C2CNCCC2O)CC1=O. The highest BCUT2D eigenvalue weighted by atomic mass is 16.5. The molecule has 7 heteroatoms. The molecule has 130 valence electrons. The summed E-state index contributed by atoms with van der Waals surface area (Å²) in [5.41, 5.74) is 1.01. The first-order valence-corrected chi connectivity index (χ1v) is 8.33. The van der Waals surface area contributed by atoms with Gasteiger partial charge in [0, 0.05) is 32.7 Å². The van der Waals surface area contributed by atoms with Gasteiger partial charge in [-0.15, -0.1) is 0 Å². The Balaban J connectivity index is 1.74. The zero-order chi connectivity index (χ0) is 16.7. The zero-order valence-corrected chi connectivity index (χ0v) is 13.8. The van der Waals surface area contributed by atoms with E-state index >= 15 is 0 Å². The molecule has 2 aliphatic rings. The third-order valence-electron chi connectivity index (χ3n) is 4.25. The van der Waals surface area contributed by atoms with E-state index < -0.39 is 0 Å². The van der Waals surface area contributed by atoms with Crippen LogP contribution in [0.15, 0.2) is 11.6 Å². The lowest BCUT2D eigenvalue weighted by Crippen LogP contribution is -2.50. The minimum atomic E-state index is -0.363. The molecule has 0 aliphatic carbocycles. The van der Waals surface area contributed by atoms with Crippen molar-refractivity contribution in [2.75, 3.05) is 52.4 Å². The molecule has 7 nitrogen and oxygen atoms in total. The minimum absolute atomic E-state index is 0.0428. The van der Waals surface area contributed by atoms with Gasteiger partial charge < -0.3 is 20.1 Å². The molecule has 0 aromatic rings. The smallest absolute Gasteiger partial charge is 0.307 e. The topological polar surface area (TPSA) is 82.1 Å². The standard InChI is InChI=1S/C16H27N3O4/c1-2-23-16(22)5-8-19-10-9-18(12-15(19)21)7-4-13-11-17-6-3-14(13)20/h4,14,17,20H,2-3,5-12H2,1H3. The Hall–Kier alpha value is -1.44. The van der Waals surface area contributed by atoms with E-state index in [9.17, 15) is 14.7 Å². The van der Waals surface area contributed by atoms with Crippen LogP contribution in [0.5, 0.6) is 0 Å². The molecule has 0 radical (unpaired) electrons. The van der Waals surface area contributed by atoms with E-state index in [0.29, 0.717) is 39.3 Å². The van der Waals surface area contributed by atoms with Crippen molar-refractivity contribution >= 4 is 11.9 Å². The Morgan fingerprint density at radius 2 is 2.30 bits per heavy atom. The quantitative estimate of drug-likeness (QED) is 0.500. The maximum Gasteiger partial charge on any atom is 0.307 e. The number of nitrogens with zero attached hydrogens (tertiary/aromatic N) is 2. The maximum atomic E-state index is 12.1. The Kier molecular flexibility index (Phi) is 7.01. The number of hydrogen-bond acceptors (Lipinski definition) is 6. The lowest BCUT2D eigenvalue weighted by molar-refractivity contribution is -0.144. The number of esters is 1. The van der Waals surface area contributed by atoms with Crippen LogP contribution in [0.1, 0.15) is 19.8 Å². The first kappa shape index (κ1) is 17.9. The molecule has 2 heterocycles. The summed E-state index contributed by atoms with van der Waals surface area (Å²) in [7, 11) is 0. The van der Waals surface area contributed by atoms with E-state index in [-0.39, 0.29) is 24.4 Å². The number of aliphatic hydroxyl groups is 1. The fraction of sp³-hybridized carbons (Fsp3) is 0.750. The van der Waals surface area contributed by atoms with Crippen molar-refractivity contribution in [2.24, 2.45) is 0 Å². The molecule has 2 N–H and O–H groups in total. The van der Waals surface area contributed by atoms with Gasteiger partial charge in [-0.3, -0.25) is 14.5 Å². The molecule has 1 amide bonds. The minimum Gasteiger partial charge on any atom is -0.466 e. The number of carbonyl (C=O) groups excluding carboxylic acids is 2. The summed E-state index contributed by atoms with van der Waals surface area (Å²) in [6.45, 7) is 6.57. The van der Waals surface area contributed by atoms with Gasteiger partial charge in [-0.05, 0) is 25.5 Å². The molecule has 1 unspecified atom stereocenters. The maximum absolute atomic E-state index is 12.1. The van der Waals surface area contributed by atoms with Gasteiger partial charge in [0.2, 0.25) is 5.91 Å². The van der Waals surface area contributed by atoms with Crippen molar-refractivity contribution < 1.29 is 19.4 Å².